The van der Waals surface area contributed by atoms with E-state index in [1.54, 1.807) is 39.1 Å². The molecule has 0 heterocycles. The normalized spacial score (nSPS) is 11.9. The highest BCUT2D eigenvalue weighted by atomic mass is 16.5. The van der Waals surface area contributed by atoms with Crippen LogP contribution in [0.5, 0.6) is 0 Å². The summed E-state index contributed by atoms with van der Waals surface area (Å²) in [5.74, 6) is 0.114. The van der Waals surface area contributed by atoms with Crippen LogP contribution in [0.1, 0.15) is 48.5 Å². The Morgan fingerprint density at radius 1 is 1.18 bits per heavy atom. The first-order valence-corrected chi connectivity index (χ1v) is 7.37. The first-order valence-electron chi connectivity index (χ1n) is 7.37. The van der Waals surface area contributed by atoms with Crippen molar-refractivity contribution in [3.05, 3.63) is 54.1 Å². The van der Waals surface area contributed by atoms with Crippen LogP contribution < -0.4 is 5.32 Å². The molecule has 0 atom stereocenters. The number of hydrogen-bond acceptors (Lipinski definition) is 3. The van der Waals surface area contributed by atoms with E-state index in [1.165, 1.54) is 11.6 Å². The van der Waals surface area contributed by atoms with Gasteiger partial charge in [-0.2, -0.15) is 0 Å². The Hall–Kier alpha value is -1.99. The number of allylic oxidation sites excluding steroid dienone is 4. The fourth-order valence-electron chi connectivity index (χ4n) is 1.57. The summed E-state index contributed by atoms with van der Waals surface area (Å²) in [5, 5.41) is 3.24. The van der Waals surface area contributed by atoms with E-state index < -0.39 is 5.41 Å². The first-order chi connectivity index (χ1) is 9.98. The summed E-state index contributed by atoms with van der Waals surface area (Å²) in [6.07, 6.45) is 8.72. The van der Waals surface area contributed by atoms with E-state index in [2.05, 4.69) is 51.4 Å². The van der Waals surface area contributed by atoms with E-state index in [1.807, 2.05) is 0 Å². The summed E-state index contributed by atoms with van der Waals surface area (Å²) < 4.78 is 5.25. The molecule has 0 aromatic rings. The van der Waals surface area contributed by atoms with Gasteiger partial charge in [-0.15, -0.1) is 5.73 Å². The Kier molecular flexibility index (Phi) is 7.69. The number of nitrogens with one attached hydrogen (secondary N) is 1. The zero-order valence-corrected chi connectivity index (χ0v) is 14.9. The molecule has 0 fully saturated rings. The smallest absolute Gasteiger partial charge is 0.316 e. The lowest BCUT2D eigenvalue weighted by Crippen LogP contribution is -2.32. The molecule has 0 spiro atoms. The highest BCUT2D eigenvalue weighted by Gasteiger charge is 2.23. The van der Waals surface area contributed by atoms with E-state index in [0.717, 1.165) is 0 Å². The summed E-state index contributed by atoms with van der Waals surface area (Å²) >= 11 is 0. The number of carbonyl (C=O) groups is 1. The van der Waals surface area contributed by atoms with Crippen LogP contribution in [0, 0.1) is 5.41 Å². The van der Waals surface area contributed by atoms with Crippen molar-refractivity contribution < 1.29 is 9.53 Å². The fourth-order valence-corrected chi connectivity index (χ4v) is 1.57. The van der Waals surface area contributed by atoms with Gasteiger partial charge in [-0.05, 0) is 66.7 Å². The highest BCUT2D eigenvalue weighted by molar-refractivity contribution is 5.76. The van der Waals surface area contributed by atoms with Gasteiger partial charge < -0.3 is 10.1 Å². The van der Waals surface area contributed by atoms with E-state index in [9.17, 15) is 4.79 Å². The van der Waals surface area contributed by atoms with Crippen LogP contribution in [0.25, 0.3) is 0 Å². The van der Waals surface area contributed by atoms with Gasteiger partial charge in [0.15, 0.2) is 0 Å². The summed E-state index contributed by atoms with van der Waals surface area (Å²) in [6, 6.07) is 0. The minimum Gasteiger partial charge on any atom is -0.426 e. The summed E-state index contributed by atoms with van der Waals surface area (Å²) in [5.41, 5.74) is 3.55. The SMILES string of the molecule is C=C/C(=C\C=C=CNC(C)(C)C=C(C)C)OC(=O)C(C)(C)C. The van der Waals surface area contributed by atoms with Crippen molar-refractivity contribution in [3.8, 4) is 0 Å². The van der Waals surface area contributed by atoms with Crippen LogP contribution in [0.4, 0.5) is 0 Å². The van der Waals surface area contributed by atoms with Crippen LogP contribution in [0.15, 0.2) is 54.1 Å². The molecule has 0 aliphatic heterocycles. The third kappa shape index (κ3) is 9.04. The molecule has 0 bridgehead atoms. The Balaban J connectivity index is 4.79. The number of carbonyl (C=O) groups excluding carboxylic acids is 1. The zero-order chi connectivity index (χ0) is 17.4. The predicted molar refractivity (Wildman–Crippen MR) is 93.1 cm³/mol. The Morgan fingerprint density at radius 3 is 2.23 bits per heavy atom. The van der Waals surface area contributed by atoms with Gasteiger partial charge >= 0.3 is 5.97 Å². The predicted octanol–water partition coefficient (Wildman–Crippen LogP) is 4.65. The topological polar surface area (TPSA) is 38.3 Å². The van der Waals surface area contributed by atoms with Gasteiger partial charge in [-0.1, -0.05) is 18.2 Å². The van der Waals surface area contributed by atoms with E-state index in [-0.39, 0.29) is 11.5 Å². The van der Waals surface area contributed by atoms with Gasteiger partial charge in [-0.25, -0.2) is 0 Å². The van der Waals surface area contributed by atoms with Crippen molar-refractivity contribution in [2.45, 2.75) is 54.0 Å². The lowest BCUT2D eigenvalue weighted by Gasteiger charge is -2.21. The number of hydrogen-bond donors (Lipinski definition) is 1. The van der Waals surface area contributed by atoms with Gasteiger partial charge in [0.2, 0.25) is 0 Å². The van der Waals surface area contributed by atoms with Crippen LogP contribution in [-0.2, 0) is 9.53 Å². The van der Waals surface area contributed by atoms with Crippen molar-refractivity contribution in [2.75, 3.05) is 0 Å². The van der Waals surface area contributed by atoms with E-state index in [4.69, 9.17) is 4.74 Å². The molecule has 0 rings (SSSR count). The van der Waals surface area contributed by atoms with Crippen molar-refractivity contribution >= 4 is 5.97 Å². The highest BCUT2D eigenvalue weighted by Crippen LogP contribution is 2.17. The molecule has 0 saturated carbocycles. The number of ether oxygens (including phenoxy) is 1. The molecule has 0 unspecified atom stereocenters. The number of esters is 1. The van der Waals surface area contributed by atoms with Gasteiger partial charge in [-0.3, -0.25) is 4.79 Å². The molecule has 0 radical (unpaired) electrons. The van der Waals surface area contributed by atoms with Gasteiger partial charge in [0, 0.05) is 6.20 Å². The van der Waals surface area contributed by atoms with Crippen LogP contribution >= 0.6 is 0 Å². The maximum absolute atomic E-state index is 11.8. The van der Waals surface area contributed by atoms with Gasteiger partial charge in [0.25, 0.3) is 0 Å². The maximum atomic E-state index is 11.8. The molecule has 22 heavy (non-hydrogen) atoms. The van der Waals surface area contributed by atoms with Gasteiger partial charge in [0.1, 0.15) is 5.76 Å². The monoisotopic (exact) mass is 303 g/mol. The third-order valence-electron chi connectivity index (χ3n) is 2.54. The quantitative estimate of drug-likeness (QED) is 0.255. The van der Waals surface area contributed by atoms with E-state index >= 15 is 0 Å². The molecule has 0 aromatic carbocycles. The van der Waals surface area contributed by atoms with Crippen LogP contribution in [0.2, 0.25) is 0 Å². The molecule has 0 aromatic heterocycles. The zero-order valence-electron chi connectivity index (χ0n) is 14.9. The number of rotatable bonds is 6. The third-order valence-corrected chi connectivity index (χ3v) is 2.54. The summed E-state index contributed by atoms with van der Waals surface area (Å²) in [7, 11) is 0. The molecule has 3 heteroatoms. The maximum Gasteiger partial charge on any atom is 0.316 e. The summed E-state index contributed by atoms with van der Waals surface area (Å²) in [6.45, 7) is 17.3. The minimum absolute atomic E-state index is 0.136. The molecular formula is C19H29NO2. The molecule has 122 valence electrons. The molecule has 0 saturated heterocycles. The average molecular weight is 303 g/mol. The van der Waals surface area contributed by atoms with E-state index in [0.29, 0.717) is 5.76 Å². The molecular weight excluding hydrogens is 274 g/mol. The molecule has 3 nitrogen and oxygen atoms in total. The molecule has 0 amide bonds. The summed E-state index contributed by atoms with van der Waals surface area (Å²) in [4.78, 5) is 11.8. The van der Waals surface area contributed by atoms with Crippen LogP contribution in [0.3, 0.4) is 0 Å². The lowest BCUT2D eigenvalue weighted by atomic mass is 9.97. The van der Waals surface area contributed by atoms with Crippen molar-refractivity contribution in [1.82, 2.24) is 5.32 Å². The van der Waals surface area contributed by atoms with Crippen LogP contribution in [-0.4, -0.2) is 11.5 Å². The molecule has 0 aliphatic rings. The Labute approximate surface area is 135 Å². The Morgan fingerprint density at radius 2 is 1.77 bits per heavy atom. The minimum atomic E-state index is -0.544. The van der Waals surface area contributed by atoms with Crippen molar-refractivity contribution in [2.24, 2.45) is 5.41 Å². The van der Waals surface area contributed by atoms with Gasteiger partial charge in [0.05, 0.1) is 11.0 Å². The average Bonchev–Trinajstić information content (AvgIpc) is 2.33. The molecule has 1 N–H and O–H groups in total. The largest absolute Gasteiger partial charge is 0.426 e. The second-order valence-electron chi connectivity index (χ2n) is 6.98. The fraction of sp³-hybridized carbons (Fsp3) is 0.474. The standard InChI is InChI=1S/C19H29NO2/c1-9-16(22-17(21)18(4,5)6)12-10-11-13-20-19(7,8)14-15(2)3/h9-10,12-14,20H,1H2,2-8H3/b16-12+. The molecule has 0 aliphatic carbocycles. The second kappa shape index (κ2) is 8.45. The lowest BCUT2D eigenvalue weighted by molar-refractivity contribution is -0.147. The first kappa shape index (κ1) is 20.0. The second-order valence-corrected chi connectivity index (χ2v) is 6.98. The van der Waals surface area contributed by atoms with Crippen molar-refractivity contribution in [1.29, 1.82) is 0 Å². The van der Waals surface area contributed by atoms with Crippen molar-refractivity contribution in [3.63, 3.8) is 0 Å². The Bertz CT molecular complexity index is 518.